The number of rotatable bonds is 3. The highest BCUT2D eigenvalue weighted by atomic mass is 16.5. The molecule has 4 rings (SSSR count). The number of hydrogen-bond acceptors (Lipinski definition) is 6. The minimum Gasteiger partial charge on any atom is -0.378 e. The molecule has 2 aromatic heterocycles. The summed E-state index contributed by atoms with van der Waals surface area (Å²) < 4.78 is 6.94. The third-order valence-corrected chi connectivity index (χ3v) is 4.94. The van der Waals surface area contributed by atoms with E-state index in [0.29, 0.717) is 56.7 Å². The highest BCUT2D eigenvalue weighted by Crippen LogP contribution is 2.23. The van der Waals surface area contributed by atoms with Crippen LogP contribution in [0.4, 0.5) is 11.6 Å². The molecule has 138 valence electrons. The lowest BCUT2D eigenvalue weighted by Gasteiger charge is -2.33. The number of amides is 1. The van der Waals surface area contributed by atoms with E-state index in [2.05, 4.69) is 0 Å². The monoisotopic (exact) mass is 357 g/mol. The molecule has 1 amide bonds. The van der Waals surface area contributed by atoms with Crippen molar-refractivity contribution < 1.29 is 9.53 Å². The molecule has 0 bridgehead atoms. The van der Waals surface area contributed by atoms with Gasteiger partial charge in [-0.3, -0.25) is 9.59 Å². The van der Waals surface area contributed by atoms with Gasteiger partial charge in [-0.2, -0.15) is 0 Å². The number of hydrogen-bond donors (Lipinski definition) is 0. The summed E-state index contributed by atoms with van der Waals surface area (Å²) >= 11 is 0. The molecule has 0 aromatic carbocycles. The molecule has 0 aliphatic carbocycles. The zero-order valence-corrected chi connectivity index (χ0v) is 15.1. The first-order valence-corrected chi connectivity index (χ1v) is 8.93. The van der Waals surface area contributed by atoms with Gasteiger partial charge in [0.15, 0.2) is 0 Å². The molecule has 2 aromatic rings. The van der Waals surface area contributed by atoms with Crippen LogP contribution in [0.3, 0.4) is 0 Å². The lowest BCUT2D eigenvalue weighted by atomic mass is 10.1. The minimum atomic E-state index is -0.308. The van der Waals surface area contributed by atoms with Gasteiger partial charge in [-0.25, -0.2) is 9.38 Å². The van der Waals surface area contributed by atoms with Crippen LogP contribution in [0.1, 0.15) is 16.8 Å². The molecular formula is C18H23N5O3. The summed E-state index contributed by atoms with van der Waals surface area (Å²) in [5.74, 6) is 0.954. The van der Waals surface area contributed by atoms with Gasteiger partial charge in [0.1, 0.15) is 22.8 Å². The van der Waals surface area contributed by atoms with E-state index < -0.39 is 0 Å². The highest BCUT2D eigenvalue weighted by molar-refractivity contribution is 5.99. The molecule has 8 nitrogen and oxygen atoms in total. The number of likely N-dealkylation sites (tertiary alicyclic amines) is 1. The number of nitrogens with zero attached hydrogens (tertiary/aromatic N) is 5. The first kappa shape index (κ1) is 16.8. The van der Waals surface area contributed by atoms with Crippen LogP contribution in [0.25, 0.3) is 5.65 Å². The molecule has 2 aliphatic heterocycles. The lowest BCUT2D eigenvalue weighted by molar-refractivity contribution is 0.0649. The van der Waals surface area contributed by atoms with Crippen LogP contribution in [-0.4, -0.2) is 73.7 Å². The Labute approximate surface area is 151 Å². The molecule has 0 N–H and O–H groups in total. The van der Waals surface area contributed by atoms with Crippen molar-refractivity contribution in [1.29, 1.82) is 0 Å². The second kappa shape index (κ2) is 6.60. The van der Waals surface area contributed by atoms with Crippen molar-refractivity contribution in [3.63, 3.8) is 0 Å². The third kappa shape index (κ3) is 2.70. The second-order valence-electron chi connectivity index (χ2n) is 6.83. The van der Waals surface area contributed by atoms with Crippen molar-refractivity contribution >= 4 is 23.2 Å². The molecule has 0 unspecified atom stereocenters. The second-order valence-corrected chi connectivity index (χ2v) is 6.83. The molecule has 0 saturated carbocycles. The number of aromatic nitrogens is 2. The van der Waals surface area contributed by atoms with Gasteiger partial charge in [0.05, 0.1) is 13.2 Å². The van der Waals surface area contributed by atoms with Gasteiger partial charge in [-0.1, -0.05) is 6.07 Å². The van der Waals surface area contributed by atoms with E-state index >= 15 is 0 Å². The fourth-order valence-electron chi connectivity index (χ4n) is 3.37. The van der Waals surface area contributed by atoms with Crippen LogP contribution < -0.4 is 15.4 Å². The Morgan fingerprint density at radius 1 is 1.15 bits per heavy atom. The van der Waals surface area contributed by atoms with E-state index in [0.717, 1.165) is 6.42 Å². The summed E-state index contributed by atoms with van der Waals surface area (Å²) in [5, 5.41) is 0. The zero-order valence-electron chi connectivity index (χ0n) is 15.1. The Balaban J connectivity index is 1.96. The predicted molar refractivity (Wildman–Crippen MR) is 99.3 cm³/mol. The molecule has 26 heavy (non-hydrogen) atoms. The summed E-state index contributed by atoms with van der Waals surface area (Å²) in [4.78, 5) is 36.7. The van der Waals surface area contributed by atoms with Gasteiger partial charge in [-0.15, -0.1) is 0 Å². The molecule has 0 radical (unpaired) electrons. The lowest BCUT2D eigenvalue weighted by Crippen LogP contribution is -2.47. The number of carbonyl (C=O) groups is 1. The van der Waals surface area contributed by atoms with Crippen molar-refractivity contribution in [3.05, 3.63) is 34.1 Å². The third-order valence-electron chi connectivity index (χ3n) is 4.94. The molecular weight excluding hydrogens is 334 g/mol. The predicted octanol–water partition coefficient (Wildman–Crippen LogP) is 0.443. The maximum Gasteiger partial charge on any atom is 0.274 e. The molecule has 2 saturated heterocycles. The van der Waals surface area contributed by atoms with E-state index in [1.54, 1.807) is 11.0 Å². The SMILES string of the molecule is CN(C)c1cccc2nc(N3CCOCC3)c(C(=O)N3CCC3)c(=O)n12. The standard InChI is InChI=1S/C18H23N5O3/c1-20(2)14-6-3-5-13-19-16(21-9-11-26-12-10-21)15(18(25)23(13)14)17(24)22-7-4-8-22/h3,5-6H,4,7-12H2,1-2H3. The van der Waals surface area contributed by atoms with Crippen molar-refractivity contribution in [3.8, 4) is 0 Å². The Morgan fingerprint density at radius 2 is 1.88 bits per heavy atom. The van der Waals surface area contributed by atoms with Gasteiger partial charge >= 0.3 is 0 Å². The number of morpholine rings is 1. The van der Waals surface area contributed by atoms with Crippen LogP contribution in [0.2, 0.25) is 0 Å². The Morgan fingerprint density at radius 3 is 2.50 bits per heavy atom. The average molecular weight is 357 g/mol. The summed E-state index contributed by atoms with van der Waals surface area (Å²) in [6.45, 7) is 3.76. The number of carbonyl (C=O) groups excluding carboxylic acids is 1. The van der Waals surface area contributed by atoms with Gasteiger partial charge in [-0.05, 0) is 18.6 Å². The van der Waals surface area contributed by atoms with Crippen LogP contribution >= 0.6 is 0 Å². The number of fused-ring (bicyclic) bond motifs is 1. The quantitative estimate of drug-likeness (QED) is 0.794. The average Bonchev–Trinajstić information content (AvgIpc) is 2.60. The van der Waals surface area contributed by atoms with E-state index in [9.17, 15) is 9.59 Å². The first-order valence-electron chi connectivity index (χ1n) is 8.93. The summed E-state index contributed by atoms with van der Waals surface area (Å²) in [5.41, 5.74) is 0.402. The van der Waals surface area contributed by atoms with Crippen molar-refractivity contribution in [1.82, 2.24) is 14.3 Å². The summed E-state index contributed by atoms with van der Waals surface area (Å²) in [6.07, 6.45) is 0.976. The van der Waals surface area contributed by atoms with Gasteiger partial charge in [0.25, 0.3) is 11.5 Å². The van der Waals surface area contributed by atoms with Crippen molar-refractivity contribution in [2.45, 2.75) is 6.42 Å². The Hall–Kier alpha value is -2.61. The Bertz CT molecular complexity index is 898. The Kier molecular flexibility index (Phi) is 4.28. The van der Waals surface area contributed by atoms with Gasteiger partial charge < -0.3 is 19.4 Å². The molecule has 4 heterocycles. The molecule has 2 aliphatic rings. The van der Waals surface area contributed by atoms with Crippen LogP contribution in [0.15, 0.2) is 23.0 Å². The molecule has 0 spiro atoms. The van der Waals surface area contributed by atoms with Crippen LogP contribution in [-0.2, 0) is 4.74 Å². The topological polar surface area (TPSA) is 70.4 Å². The number of anilines is 2. The largest absolute Gasteiger partial charge is 0.378 e. The first-order chi connectivity index (χ1) is 12.6. The number of ether oxygens (including phenoxy) is 1. The normalized spacial score (nSPS) is 17.3. The zero-order chi connectivity index (χ0) is 18.3. The van der Waals surface area contributed by atoms with Crippen molar-refractivity contribution in [2.75, 3.05) is 63.3 Å². The minimum absolute atomic E-state index is 0.165. The summed E-state index contributed by atoms with van der Waals surface area (Å²) in [7, 11) is 3.74. The summed E-state index contributed by atoms with van der Waals surface area (Å²) in [6, 6.07) is 5.52. The molecule has 8 heteroatoms. The fraction of sp³-hybridized carbons (Fsp3) is 0.500. The molecule has 2 fully saturated rings. The van der Waals surface area contributed by atoms with E-state index in [-0.39, 0.29) is 17.0 Å². The maximum atomic E-state index is 13.4. The van der Waals surface area contributed by atoms with Gasteiger partial charge in [0, 0.05) is 40.3 Å². The smallest absolute Gasteiger partial charge is 0.274 e. The maximum absolute atomic E-state index is 13.4. The van der Waals surface area contributed by atoms with Crippen LogP contribution in [0.5, 0.6) is 0 Å². The number of pyridine rings is 1. The van der Waals surface area contributed by atoms with E-state index in [1.807, 2.05) is 36.0 Å². The molecule has 0 atom stereocenters. The van der Waals surface area contributed by atoms with Crippen LogP contribution in [0, 0.1) is 0 Å². The highest BCUT2D eigenvalue weighted by Gasteiger charge is 2.31. The van der Waals surface area contributed by atoms with E-state index in [1.165, 1.54) is 4.40 Å². The fourth-order valence-corrected chi connectivity index (χ4v) is 3.37. The van der Waals surface area contributed by atoms with Gasteiger partial charge in [0.2, 0.25) is 0 Å². The van der Waals surface area contributed by atoms with E-state index in [4.69, 9.17) is 9.72 Å². The van der Waals surface area contributed by atoms with Crippen molar-refractivity contribution in [2.24, 2.45) is 0 Å².